The molecule has 3 aromatic rings. The van der Waals surface area contributed by atoms with Crippen molar-refractivity contribution in [1.82, 2.24) is 15.4 Å². The van der Waals surface area contributed by atoms with Gasteiger partial charge in [0.05, 0.1) is 6.21 Å². The molecule has 0 bridgehead atoms. The van der Waals surface area contributed by atoms with E-state index in [1.807, 2.05) is 31.2 Å². The van der Waals surface area contributed by atoms with Gasteiger partial charge in [-0.3, -0.25) is 9.78 Å². The van der Waals surface area contributed by atoms with E-state index in [2.05, 4.69) is 20.5 Å². The molecule has 0 radical (unpaired) electrons. The quantitative estimate of drug-likeness (QED) is 0.571. The van der Waals surface area contributed by atoms with Gasteiger partial charge in [-0.15, -0.1) is 0 Å². The number of aromatic nitrogens is 2. The van der Waals surface area contributed by atoms with Crippen LogP contribution in [0.15, 0.2) is 53.9 Å². The third-order valence-corrected chi connectivity index (χ3v) is 3.25. The Hall–Kier alpha value is -2.95. The van der Waals surface area contributed by atoms with Gasteiger partial charge in [0.1, 0.15) is 0 Å². The highest BCUT2D eigenvalue weighted by Gasteiger charge is 2.06. The van der Waals surface area contributed by atoms with Gasteiger partial charge in [-0.05, 0) is 25.1 Å². The number of carbonyl (C=O) groups excluding carboxylic acids is 1. The molecule has 0 fully saturated rings. The van der Waals surface area contributed by atoms with Crippen LogP contribution in [-0.4, -0.2) is 22.1 Å². The SMILES string of the molecule is Cc1[nH]c2ccccc2c1/C=N/NC(=O)c1ccncc1. The molecule has 1 aromatic carbocycles. The minimum Gasteiger partial charge on any atom is -0.358 e. The molecular formula is C16H14N4O. The van der Waals surface area contributed by atoms with E-state index in [0.717, 1.165) is 22.2 Å². The minimum absolute atomic E-state index is 0.258. The lowest BCUT2D eigenvalue weighted by molar-refractivity contribution is 0.0955. The molecule has 104 valence electrons. The fourth-order valence-corrected chi connectivity index (χ4v) is 2.19. The Morgan fingerprint density at radius 1 is 1.24 bits per heavy atom. The standard InChI is InChI=1S/C16H14N4O/c1-11-14(13-4-2-3-5-15(13)19-11)10-18-20-16(21)12-6-8-17-9-7-12/h2-10,19H,1H3,(H,20,21)/b18-10+. The lowest BCUT2D eigenvalue weighted by Gasteiger charge is -1.98. The molecule has 2 N–H and O–H groups in total. The maximum Gasteiger partial charge on any atom is 0.271 e. The molecule has 3 rings (SSSR count). The van der Waals surface area contributed by atoms with Gasteiger partial charge in [0.2, 0.25) is 0 Å². The number of carbonyl (C=O) groups is 1. The van der Waals surface area contributed by atoms with E-state index in [1.165, 1.54) is 0 Å². The van der Waals surface area contributed by atoms with Crippen LogP contribution in [0.5, 0.6) is 0 Å². The van der Waals surface area contributed by atoms with E-state index < -0.39 is 0 Å². The zero-order valence-electron chi connectivity index (χ0n) is 11.5. The van der Waals surface area contributed by atoms with E-state index in [4.69, 9.17) is 0 Å². The average molecular weight is 278 g/mol. The van der Waals surface area contributed by atoms with Gasteiger partial charge < -0.3 is 4.98 Å². The molecule has 1 amide bonds. The van der Waals surface area contributed by atoms with Gasteiger partial charge >= 0.3 is 0 Å². The number of para-hydroxylation sites is 1. The fourth-order valence-electron chi connectivity index (χ4n) is 2.19. The molecule has 0 atom stereocenters. The summed E-state index contributed by atoms with van der Waals surface area (Å²) in [6.45, 7) is 1.98. The molecule has 0 aliphatic heterocycles. The number of nitrogens with zero attached hydrogens (tertiary/aromatic N) is 2. The summed E-state index contributed by atoms with van der Waals surface area (Å²) in [4.78, 5) is 19.0. The molecule has 0 saturated heterocycles. The van der Waals surface area contributed by atoms with Gasteiger partial charge in [0.25, 0.3) is 5.91 Å². The summed E-state index contributed by atoms with van der Waals surface area (Å²) in [7, 11) is 0. The lowest BCUT2D eigenvalue weighted by Crippen LogP contribution is -2.17. The van der Waals surface area contributed by atoms with Gasteiger partial charge in [-0.25, -0.2) is 5.43 Å². The predicted molar refractivity (Wildman–Crippen MR) is 82.3 cm³/mol. The summed E-state index contributed by atoms with van der Waals surface area (Å²) < 4.78 is 0. The second kappa shape index (κ2) is 5.58. The maximum absolute atomic E-state index is 11.9. The van der Waals surface area contributed by atoms with Crippen molar-refractivity contribution in [2.75, 3.05) is 0 Å². The van der Waals surface area contributed by atoms with E-state index >= 15 is 0 Å². The highest BCUT2D eigenvalue weighted by Crippen LogP contribution is 2.19. The molecule has 0 saturated carbocycles. The third-order valence-electron chi connectivity index (χ3n) is 3.25. The number of aryl methyl sites for hydroxylation is 1. The van der Waals surface area contributed by atoms with Crippen molar-refractivity contribution in [2.24, 2.45) is 5.10 Å². The van der Waals surface area contributed by atoms with Crippen molar-refractivity contribution < 1.29 is 4.79 Å². The van der Waals surface area contributed by atoms with E-state index in [0.29, 0.717) is 5.56 Å². The van der Waals surface area contributed by atoms with Crippen molar-refractivity contribution in [3.05, 3.63) is 65.6 Å². The average Bonchev–Trinajstić information content (AvgIpc) is 2.84. The van der Waals surface area contributed by atoms with Crippen LogP contribution in [0.2, 0.25) is 0 Å². The molecule has 0 aliphatic carbocycles. The normalized spacial score (nSPS) is 11.1. The Kier molecular flexibility index (Phi) is 3.47. The second-order valence-corrected chi connectivity index (χ2v) is 4.64. The summed E-state index contributed by atoms with van der Waals surface area (Å²) in [5.41, 5.74) is 6.08. The van der Waals surface area contributed by atoms with Crippen LogP contribution in [0, 0.1) is 6.92 Å². The first kappa shape index (κ1) is 13.1. The van der Waals surface area contributed by atoms with Crippen molar-refractivity contribution in [1.29, 1.82) is 0 Å². The molecule has 0 spiro atoms. The molecule has 2 aromatic heterocycles. The Labute approximate surface area is 121 Å². The Bertz CT molecular complexity index is 806. The molecule has 5 nitrogen and oxygen atoms in total. The number of nitrogens with one attached hydrogen (secondary N) is 2. The largest absolute Gasteiger partial charge is 0.358 e. The number of aromatic amines is 1. The van der Waals surface area contributed by atoms with E-state index in [-0.39, 0.29) is 5.91 Å². The molecule has 5 heteroatoms. The van der Waals surface area contributed by atoms with Gasteiger partial charge in [-0.1, -0.05) is 18.2 Å². The number of pyridine rings is 1. The van der Waals surface area contributed by atoms with Crippen LogP contribution >= 0.6 is 0 Å². The summed E-state index contributed by atoms with van der Waals surface area (Å²) >= 11 is 0. The van der Waals surface area contributed by atoms with E-state index in [1.54, 1.807) is 30.7 Å². The molecule has 21 heavy (non-hydrogen) atoms. The Morgan fingerprint density at radius 3 is 2.81 bits per heavy atom. The molecule has 0 unspecified atom stereocenters. The zero-order valence-corrected chi connectivity index (χ0v) is 11.5. The van der Waals surface area contributed by atoms with Crippen LogP contribution in [0.1, 0.15) is 21.6 Å². The monoisotopic (exact) mass is 278 g/mol. The summed E-state index contributed by atoms with van der Waals surface area (Å²) in [5.74, 6) is -0.258. The number of rotatable bonds is 3. The first-order chi connectivity index (χ1) is 10.3. The summed E-state index contributed by atoms with van der Waals surface area (Å²) in [5, 5.41) is 5.12. The summed E-state index contributed by atoms with van der Waals surface area (Å²) in [6.07, 6.45) is 4.80. The molecule has 0 aliphatic rings. The first-order valence-electron chi connectivity index (χ1n) is 6.56. The van der Waals surface area contributed by atoms with Crippen LogP contribution < -0.4 is 5.43 Å². The van der Waals surface area contributed by atoms with Crippen LogP contribution in [0.3, 0.4) is 0 Å². The smallest absolute Gasteiger partial charge is 0.271 e. The maximum atomic E-state index is 11.9. The topological polar surface area (TPSA) is 70.1 Å². The zero-order chi connectivity index (χ0) is 14.7. The van der Waals surface area contributed by atoms with Crippen LogP contribution in [0.25, 0.3) is 10.9 Å². The van der Waals surface area contributed by atoms with Gasteiger partial charge in [-0.2, -0.15) is 5.10 Å². The first-order valence-corrected chi connectivity index (χ1v) is 6.56. The molecule has 2 heterocycles. The number of hydrazone groups is 1. The van der Waals surface area contributed by atoms with Crippen LogP contribution in [-0.2, 0) is 0 Å². The minimum atomic E-state index is -0.258. The van der Waals surface area contributed by atoms with Crippen molar-refractivity contribution in [3.8, 4) is 0 Å². The highest BCUT2D eigenvalue weighted by molar-refractivity contribution is 6.01. The fraction of sp³-hybridized carbons (Fsp3) is 0.0625. The summed E-state index contributed by atoms with van der Waals surface area (Å²) in [6, 6.07) is 11.3. The van der Waals surface area contributed by atoms with Crippen molar-refractivity contribution >= 4 is 23.0 Å². The van der Waals surface area contributed by atoms with Crippen molar-refractivity contribution in [2.45, 2.75) is 6.92 Å². The number of amides is 1. The van der Waals surface area contributed by atoms with Gasteiger partial charge in [0, 0.05) is 40.1 Å². The van der Waals surface area contributed by atoms with Crippen LogP contribution in [0.4, 0.5) is 0 Å². The second-order valence-electron chi connectivity index (χ2n) is 4.64. The number of benzene rings is 1. The third kappa shape index (κ3) is 2.67. The van der Waals surface area contributed by atoms with Gasteiger partial charge in [0.15, 0.2) is 0 Å². The van der Waals surface area contributed by atoms with E-state index in [9.17, 15) is 4.79 Å². The number of hydrogen-bond acceptors (Lipinski definition) is 3. The predicted octanol–water partition coefficient (Wildman–Crippen LogP) is 2.64. The number of H-pyrrole nitrogens is 1. The van der Waals surface area contributed by atoms with Crippen molar-refractivity contribution in [3.63, 3.8) is 0 Å². The Balaban J connectivity index is 1.79. The number of hydrogen-bond donors (Lipinski definition) is 2. The Morgan fingerprint density at radius 2 is 2.00 bits per heavy atom. The molecular weight excluding hydrogens is 264 g/mol. The lowest BCUT2D eigenvalue weighted by atomic mass is 10.1. The highest BCUT2D eigenvalue weighted by atomic mass is 16.2. The number of fused-ring (bicyclic) bond motifs is 1.